The zero-order chi connectivity index (χ0) is 26.7. The van der Waals surface area contributed by atoms with Gasteiger partial charge in [-0.05, 0) is 54.6 Å². The first-order valence-electron chi connectivity index (χ1n) is 12.0. The summed E-state index contributed by atoms with van der Waals surface area (Å²) in [6.45, 7) is 4.40. The lowest BCUT2D eigenvalue weighted by Gasteiger charge is -2.34. The second-order valence-corrected chi connectivity index (χ2v) is 11.9. The van der Waals surface area contributed by atoms with E-state index in [-0.39, 0.29) is 22.1 Å². The summed E-state index contributed by atoms with van der Waals surface area (Å²) in [4.78, 5) is 22.0. The van der Waals surface area contributed by atoms with Crippen LogP contribution in [0.5, 0.6) is 0 Å². The summed E-state index contributed by atoms with van der Waals surface area (Å²) < 4.78 is 42.1. The minimum absolute atomic E-state index is 0.0945. The lowest BCUT2D eigenvalue weighted by Crippen LogP contribution is -2.48. The highest BCUT2D eigenvalue weighted by Gasteiger charge is 2.21. The van der Waals surface area contributed by atoms with Gasteiger partial charge in [0.05, 0.1) is 26.4 Å². The number of hydrogen-bond donors (Lipinski definition) is 2. The van der Waals surface area contributed by atoms with Crippen molar-refractivity contribution in [3.8, 4) is 0 Å². The van der Waals surface area contributed by atoms with Crippen LogP contribution in [0.4, 0.5) is 15.2 Å². The molecule has 12 heteroatoms. The molecule has 4 aromatic rings. The molecule has 3 aromatic carbocycles. The van der Waals surface area contributed by atoms with Crippen molar-refractivity contribution >= 4 is 59.9 Å². The molecule has 0 aliphatic carbocycles. The first-order chi connectivity index (χ1) is 18.3. The van der Waals surface area contributed by atoms with Gasteiger partial charge in [-0.15, -0.1) is 0 Å². The fraction of sp³-hybridized carbons (Fsp3) is 0.231. The summed E-state index contributed by atoms with van der Waals surface area (Å²) in [5.74, 6) is -0.915. The van der Waals surface area contributed by atoms with Crippen molar-refractivity contribution < 1.29 is 17.6 Å². The monoisotopic (exact) mass is 573 g/mol. The summed E-state index contributed by atoms with van der Waals surface area (Å²) in [6.07, 6.45) is 0. The van der Waals surface area contributed by atoms with Crippen LogP contribution in [-0.4, -0.2) is 63.5 Å². The summed E-state index contributed by atoms with van der Waals surface area (Å²) in [5.41, 5.74) is 1.30. The minimum Gasteiger partial charge on any atom is -0.351 e. The molecule has 0 unspecified atom stereocenters. The molecule has 198 valence electrons. The van der Waals surface area contributed by atoms with Gasteiger partial charge in [-0.2, -0.15) is 0 Å². The molecule has 0 bridgehead atoms. The molecule has 1 aromatic heterocycles. The molecule has 5 rings (SSSR count). The third kappa shape index (κ3) is 6.07. The average molecular weight is 574 g/mol. The first-order valence-corrected chi connectivity index (χ1v) is 14.7. The van der Waals surface area contributed by atoms with E-state index >= 15 is 0 Å². The summed E-state index contributed by atoms with van der Waals surface area (Å²) in [6, 6.07) is 16.6. The standard InChI is InChI=1S/C26H25ClFN5O3S2/c27-18-5-10-23-24(17-18)37-26(30-23)33-15-13-32(14-16-33)12-11-29-25(34)21-3-1-2-4-22(21)31-38(35,36)20-8-6-19(28)7-9-20/h1-10,17,31H,11-16H2,(H,29,34). The van der Waals surface area contributed by atoms with Gasteiger partial charge >= 0.3 is 0 Å². The fourth-order valence-corrected chi connectivity index (χ4v) is 6.57. The Labute approximate surface area is 229 Å². The largest absolute Gasteiger partial charge is 0.351 e. The Morgan fingerprint density at radius 1 is 1.03 bits per heavy atom. The fourth-order valence-electron chi connectivity index (χ4n) is 4.19. The molecule has 1 fully saturated rings. The predicted molar refractivity (Wildman–Crippen MR) is 149 cm³/mol. The van der Waals surface area contributed by atoms with Gasteiger partial charge in [-0.1, -0.05) is 35.1 Å². The van der Waals surface area contributed by atoms with Crippen molar-refractivity contribution in [3.05, 3.63) is 83.1 Å². The number of rotatable bonds is 8. The minimum atomic E-state index is -3.98. The van der Waals surface area contributed by atoms with Crippen molar-refractivity contribution in [2.75, 3.05) is 48.9 Å². The maximum Gasteiger partial charge on any atom is 0.261 e. The van der Waals surface area contributed by atoms with Crippen LogP contribution in [0.3, 0.4) is 0 Å². The number of para-hydroxylation sites is 1. The number of amides is 1. The Morgan fingerprint density at radius 3 is 2.53 bits per heavy atom. The first kappa shape index (κ1) is 26.4. The van der Waals surface area contributed by atoms with Crippen LogP contribution in [-0.2, 0) is 10.0 Å². The molecule has 8 nitrogen and oxygen atoms in total. The van der Waals surface area contributed by atoms with Crippen LogP contribution >= 0.6 is 22.9 Å². The lowest BCUT2D eigenvalue weighted by atomic mass is 10.1. The summed E-state index contributed by atoms with van der Waals surface area (Å²) in [7, 11) is -3.98. The van der Waals surface area contributed by atoms with Gasteiger partial charge in [-0.25, -0.2) is 17.8 Å². The molecule has 0 radical (unpaired) electrons. The highest BCUT2D eigenvalue weighted by atomic mass is 35.5. The highest BCUT2D eigenvalue weighted by Crippen LogP contribution is 2.31. The topological polar surface area (TPSA) is 94.6 Å². The number of sulfonamides is 1. The number of carbonyl (C=O) groups is 1. The molecule has 0 spiro atoms. The van der Waals surface area contributed by atoms with Crippen molar-refractivity contribution in [1.29, 1.82) is 0 Å². The second kappa shape index (κ2) is 11.2. The summed E-state index contributed by atoms with van der Waals surface area (Å²) in [5, 5.41) is 4.57. The number of piperazine rings is 1. The third-order valence-electron chi connectivity index (χ3n) is 6.24. The van der Waals surface area contributed by atoms with Crippen molar-refractivity contribution in [2.24, 2.45) is 0 Å². The number of thiazole rings is 1. The van der Waals surface area contributed by atoms with Gasteiger partial charge in [0, 0.05) is 44.3 Å². The van der Waals surface area contributed by atoms with Crippen LogP contribution in [0.15, 0.2) is 71.6 Å². The number of benzene rings is 3. The molecular formula is C26H25ClFN5O3S2. The number of hydrogen-bond acceptors (Lipinski definition) is 7. The number of nitrogens with one attached hydrogen (secondary N) is 2. The number of anilines is 2. The normalized spacial score (nSPS) is 14.5. The van der Waals surface area contributed by atoms with E-state index in [2.05, 4.69) is 19.8 Å². The maximum atomic E-state index is 13.2. The molecule has 0 saturated carbocycles. The SMILES string of the molecule is O=C(NCCN1CCN(c2nc3ccc(Cl)cc3s2)CC1)c1ccccc1NS(=O)(=O)c1ccc(F)cc1. The van der Waals surface area contributed by atoms with E-state index in [0.717, 1.165) is 53.7 Å². The molecular weight excluding hydrogens is 549 g/mol. The zero-order valence-corrected chi connectivity index (χ0v) is 22.6. The maximum absolute atomic E-state index is 13.2. The van der Waals surface area contributed by atoms with Crippen LogP contribution in [0, 0.1) is 5.82 Å². The number of aromatic nitrogens is 1. The third-order valence-corrected chi connectivity index (χ3v) is 8.93. The van der Waals surface area contributed by atoms with Gasteiger partial charge in [0.2, 0.25) is 0 Å². The highest BCUT2D eigenvalue weighted by molar-refractivity contribution is 7.92. The van der Waals surface area contributed by atoms with Crippen LogP contribution in [0.25, 0.3) is 10.2 Å². The van der Waals surface area contributed by atoms with Crippen LogP contribution in [0.1, 0.15) is 10.4 Å². The van der Waals surface area contributed by atoms with Crippen molar-refractivity contribution in [1.82, 2.24) is 15.2 Å². The van der Waals surface area contributed by atoms with E-state index < -0.39 is 15.8 Å². The van der Waals surface area contributed by atoms with Gasteiger partial charge < -0.3 is 10.2 Å². The molecule has 2 N–H and O–H groups in total. The molecule has 1 aliphatic rings. The quantitative estimate of drug-likeness (QED) is 0.324. The molecule has 38 heavy (non-hydrogen) atoms. The lowest BCUT2D eigenvalue weighted by molar-refractivity contribution is 0.0948. The molecule has 1 saturated heterocycles. The number of halogens is 2. The van der Waals surface area contributed by atoms with Gasteiger partial charge in [0.1, 0.15) is 5.82 Å². The molecule has 1 aliphatic heterocycles. The predicted octanol–water partition coefficient (Wildman–Crippen LogP) is 4.44. The Balaban J connectivity index is 1.14. The van der Waals surface area contributed by atoms with Crippen LogP contribution in [0.2, 0.25) is 5.02 Å². The van der Waals surface area contributed by atoms with Gasteiger partial charge in [-0.3, -0.25) is 14.4 Å². The number of carbonyl (C=O) groups excluding carboxylic acids is 1. The average Bonchev–Trinajstić information content (AvgIpc) is 3.32. The molecule has 2 heterocycles. The number of nitrogens with zero attached hydrogens (tertiary/aromatic N) is 3. The van der Waals surface area contributed by atoms with Gasteiger partial charge in [0.25, 0.3) is 15.9 Å². The van der Waals surface area contributed by atoms with Crippen LogP contribution < -0.4 is 14.9 Å². The Kier molecular flexibility index (Phi) is 7.80. The van der Waals surface area contributed by atoms with Crippen molar-refractivity contribution in [2.45, 2.75) is 4.90 Å². The van der Waals surface area contributed by atoms with E-state index in [1.807, 2.05) is 18.2 Å². The Morgan fingerprint density at radius 2 is 1.76 bits per heavy atom. The molecule has 1 amide bonds. The van der Waals surface area contributed by atoms with E-state index in [1.165, 1.54) is 18.2 Å². The smallest absolute Gasteiger partial charge is 0.261 e. The zero-order valence-electron chi connectivity index (χ0n) is 20.2. The summed E-state index contributed by atoms with van der Waals surface area (Å²) >= 11 is 7.73. The number of fused-ring (bicyclic) bond motifs is 1. The second-order valence-electron chi connectivity index (χ2n) is 8.80. The van der Waals surface area contributed by atoms with E-state index in [9.17, 15) is 17.6 Å². The van der Waals surface area contributed by atoms with E-state index in [0.29, 0.717) is 18.1 Å². The Hall–Kier alpha value is -3.25. The van der Waals surface area contributed by atoms with Crippen molar-refractivity contribution in [3.63, 3.8) is 0 Å². The molecule has 0 atom stereocenters. The van der Waals surface area contributed by atoms with E-state index in [1.54, 1.807) is 29.5 Å². The van der Waals surface area contributed by atoms with Gasteiger partial charge in [0.15, 0.2) is 5.13 Å². The van der Waals surface area contributed by atoms with E-state index in [4.69, 9.17) is 16.6 Å². The Bertz CT molecular complexity index is 1550.